The largest absolute Gasteiger partial charge is 0.494 e. The Morgan fingerprint density at radius 1 is 1.08 bits per heavy atom. The van der Waals surface area contributed by atoms with Crippen LogP contribution in [0.4, 0.5) is 4.39 Å². The van der Waals surface area contributed by atoms with Gasteiger partial charge in [0.25, 0.3) is 0 Å². The number of hydrogen-bond acceptors (Lipinski definition) is 6. The van der Waals surface area contributed by atoms with Crippen molar-refractivity contribution in [2.75, 3.05) is 26.2 Å². The van der Waals surface area contributed by atoms with E-state index in [1.54, 1.807) is 42.5 Å². The molecule has 0 amide bonds. The normalized spacial score (nSPS) is 21.9. The Morgan fingerprint density at radius 3 is 2.46 bits per heavy atom. The molecule has 1 aliphatic carbocycles. The van der Waals surface area contributed by atoms with E-state index in [2.05, 4.69) is 17.0 Å². The van der Waals surface area contributed by atoms with Gasteiger partial charge in [0.05, 0.1) is 29.7 Å². The van der Waals surface area contributed by atoms with Crippen molar-refractivity contribution in [3.05, 3.63) is 65.5 Å². The highest BCUT2D eigenvalue weighted by Crippen LogP contribution is 2.51. The first kappa shape index (κ1) is 26.6. The lowest BCUT2D eigenvalue weighted by molar-refractivity contribution is -0.149. The van der Waals surface area contributed by atoms with Crippen molar-refractivity contribution in [2.45, 2.75) is 57.0 Å². The van der Waals surface area contributed by atoms with E-state index in [1.807, 2.05) is 0 Å². The summed E-state index contributed by atoms with van der Waals surface area (Å²) in [4.78, 5) is 14.2. The van der Waals surface area contributed by atoms with E-state index in [1.165, 1.54) is 13.0 Å². The molecule has 2 aliphatic rings. The minimum atomic E-state index is -1.03. The van der Waals surface area contributed by atoms with Gasteiger partial charge < -0.3 is 14.4 Å². The Labute approximate surface area is 218 Å². The SMILES string of the molecule is CC(=O)O[C@H]1CCC[C@@H]1C(C#N)(c1ccccc1F)C1CCN(CCCOc2ccc(C#N)cc2)CC1. The third-order valence-electron chi connectivity index (χ3n) is 7.96. The number of nitrogens with zero attached hydrogens (tertiary/aromatic N) is 3. The number of hydrogen-bond donors (Lipinski definition) is 0. The van der Waals surface area contributed by atoms with Crippen LogP contribution in [0.3, 0.4) is 0 Å². The summed E-state index contributed by atoms with van der Waals surface area (Å²) in [5.74, 6) is -0.215. The third kappa shape index (κ3) is 5.95. The van der Waals surface area contributed by atoms with Gasteiger partial charge in [-0.3, -0.25) is 4.79 Å². The van der Waals surface area contributed by atoms with Crippen LogP contribution >= 0.6 is 0 Å². The minimum absolute atomic E-state index is 0.0262. The Balaban J connectivity index is 1.42. The van der Waals surface area contributed by atoms with E-state index in [4.69, 9.17) is 14.7 Å². The summed E-state index contributed by atoms with van der Waals surface area (Å²) in [6.07, 6.45) is 4.36. The van der Waals surface area contributed by atoms with Crippen LogP contribution in [0.15, 0.2) is 48.5 Å². The molecule has 0 radical (unpaired) electrons. The predicted octanol–water partition coefficient (Wildman–Crippen LogP) is 5.37. The number of nitriles is 2. The number of ether oxygens (including phenoxy) is 2. The molecular formula is C30H34FN3O3. The van der Waals surface area contributed by atoms with Crippen LogP contribution in [0.2, 0.25) is 0 Å². The van der Waals surface area contributed by atoms with Crippen LogP contribution in [-0.2, 0) is 14.9 Å². The maximum absolute atomic E-state index is 15.2. The first-order chi connectivity index (χ1) is 18.0. The van der Waals surface area contributed by atoms with Crippen LogP contribution in [0.5, 0.6) is 5.75 Å². The highest BCUT2D eigenvalue weighted by atomic mass is 19.1. The molecule has 4 rings (SSSR count). The van der Waals surface area contributed by atoms with Gasteiger partial charge in [-0.1, -0.05) is 18.2 Å². The van der Waals surface area contributed by atoms with Crippen molar-refractivity contribution in [2.24, 2.45) is 11.8 Å². The molecule has 6 nitrogen and oxygen atoms in total. The molecule has 1 saturated carbocycles. The summed E-state index contributed by atoms with van der Waals surface area (Å²) in [6, 6.07) is 18.4. The van der Waals surface area contributed by atoms with Crippen molar-refractivity contribution < 1.29 is 18.7 Å². The van der Waals surface area contributed by atoms with Gasteiger partial charge in [-0.2, -0.15) is 10.5 Å². The Morgan fingerprint density at radius 2 is 1.81 bits per heavy atom. The van der Waals surface area contributed by atoms with Crippen LogP contribution < -0.4 is 4.74 Å². The zero-order valence-electron chi connectivity index (χ0n) is 21.4. The second-order valence-corrected chi connectivity index (χ2v) is 10.1. The molecule has 3 atom stereocenters. The van der Waals surface area contributed by atoms with Crippen LogP contribution in [0, 0.1) is 40.3 Å². The lowest BCUT2D eigenvalue weighted by Gasteiger charge is -2.45. The third-order valence-corrected chi connectivity index (χ3v) is 7.96. The summed E-state index contributed by atoms with van der Waals surface area (Å²) in [5.41, 5.74) is 0.0129. The van der Waals surface area contributed by atoms with Crippen molar-refractivity contribution in [1.29, 1.82) is 10.5 Å². The van der Waals surface area contributed by atoms with Crippen LogP contribution in [0.1, 0.15) is 56.6 Å². The second-order valence-electron chi connectivity index (χ2n) is 10.1. The number of esters is 1. The average Bonchev–Trinajstić information content (AvgIpc) is 3.37. The van der Waals surface area contributed by atoms with Crippen molar-refractivity contribution >= 4 is 5.97 Å². The van der Waals surface area contributed by atoms with Gasteiger partial charge >= 0.3 is 5.97 Å². The molecule has 194 valence electrons. The molecule has 0 N–H and O–H groups in total. The highest BCUT2D eigenvalue weighted by Gasteiger charge is 2.54. The lowest BCUT2D eigenvalue weighted by atomic mass is 9.59. The Bertz CT molecular complexity index is 1150. The van der Waals surface area contributed by atoms with Gasteiger partial charge in [0.2, 0.25) is 0 Å². The van der Waals surface area contributed by atoms with Crippen molar-refractivity contribution in [1.82, 2.24) is 4.90 Å². The van der Waals surface area contributed by atoms with Gasteiger partial charge in [0.1, 0.15) is 17.7 Å². The van der Waals surface area contributed by atoms with Gasteiger partial charge in [-0.05, 0) is 87.9 Å². The van der Waals surface area contributed by atoms with Gasteiger partial charge in [0.15, 0.2) is 0 Å². The number of piperidine rings is 1. The topological polar surface area (TPSA) is 86.3 Å². The number of rotatable bonds is 9. The first-order valence-corrected chi connectivity index (χ1v) is 13.2. The van der Waals surface area contributed by atoms with E-state index in [0.29, 0.717) is 24.2 Å². The standard InChI is InChI=1S/C30H34FN3O3/c1-22(35)37-29-9-4-7-27(29)30(21-33,26-6-2-3-8-28(26)31)24-14-17-34(18-15-24)16-5-19-36-25-12-10-23(20-32)11-13-25/h2-3,6,8,10-13,24,27,29H,4-5,7,9,14-19H2,1H3/t27-,29-,30?/m0/s1. The number of carbonyl (C=O) groups excluding carboxylic acids is 1. The van der Waals surface area contributed by atoms with E-state index in [9.17, 15) is 10.1 Å². The van der Waals surface area contributed by atoms with Crippen molar-refractivity contribution in [3.8, 4) is 17.9 Å². The van der Waals surface area contributed by atoms with E-state index >= 15 is 4.39 Å². The van der Waals surface area contributed by atoms with Gasteiger partial charge in [-0.25, -0.2) is 4.39 Å². The van der Waals surface area contributed by atoms with Crippen LogP contribution in [-0.4, -0.2) is 43.2 Å². The predicted molar refractivity (Wildman–Crippen MR) is 137 cm³/mol. The van der Waals surface area contributed by atoms with E-state index in [0.717, 1.165) is 57.5 Å². The molecule has 37 heavy (non-hydrogen) atoms. The molecule has 2 fully saturated rings. The summed E-state index contributed by atoms with van der Waals surface area (Å²) in [7, 11) is 0. The molecule has 1 unspecified atom stereocenters. The smallest absolute Gasteiger partial charge is 0.302 e. The quantitative estimate of drug-likeness (QED) is 0.338. The Kier molecular flexibility index (Phi) is 8.79. The summed E-state index contributed by atoms with van der Waals surface area (Å²) < 4.78 is 26.7. The molecule has 1 aliphatic heterocycles. The van der Waals surface area contributed by atoms with Gasteiger partial charge in [0, 0.05) is 24.9 Å². The molecule has 0 bridgehead atoms. The maximum atomic E-state index is 15.2. The Hall–Kier alpha value is -3.42. The second kappa shape index (κ2) is 12.2. The average molecular weight is 504 g/mol. The first-order valence-electron chi connectivity index (χ1n) is 13.2. The zero-order chi connectivity index (χ0) is 26.3. The van der Waals surface area contributed by atoms with Crippen LogP contribution in [0.25, 0.3) is 0 Å². The number of halogens is 1. The number of carbonyl (C=O) groups is 1. The highest BCUT2D eigenvalue weighted by molar-refractivity contribution is 5.66. The summed E-state index contributed by atoms with van der Waals surface area (Å²) >= 11 is 0. The van der Waals surface area contributed by atoms with Crippen molar-refractivity contribution in [3.63, 3.8) is 0 Å². The molecule has 7 heteroatoms. The van der Waals surface area contributed by atoms with E-state index in [-0.39, 0.29) is 29.7 Å². The zero-order valence-corrected chi connectivity index (χ0v) is 21.4. The fraction of sp³-hybridized carbons (Fsp3) is 0.500. The fourth-order valence-corrected chi connectivity index (χ4v) is 6.27. The molecule has 1 saturated heterocycles. The lowest BCUT2D eigenvalue weighted by Crippen LogP contribution is -2.50. The molecule has 0 aromatic heterocycles. The number of likely N-dealkylation sites (tertiary alicyclic amines) is 1. The number of benzene rings is 2. The summed E-state index contributed by atoms with van der Waals surface area (Å²) in [6.45, 7) is 4.50. The molecular weight excluding hydrogens is 469 g/mol. The molecule has 2 aromatic carbocycles. The fourth-order valence-electron chi connectivity index (χ4n) is 6.27. The molecule has 2 aromatic rings. The monoisotopic (exact) mass is 503 g/mol. The summed E-state index contributed by atoms with van der Waals surface area (Å²) in [5, 5.41) is 19.6. The van der Waals surface area contributed by atoms with E-state index < -0.39 is 5.41 Å². The maximum Gasteiger partial charge on any atom is 0.302 e. The molecule has 0 spiro atoms. The van der Waals surface area contributed by atoms with Gasteiger partial charge in [-0.15, -0.1) is 0 Å². The molecule has 1 heterocycles. The minimum Gasteiger partial charge on any atom is -0.494 e.